The van der Waals surface area contributed by atoms with E-state index in [4.69, 9.17) is 15.2 Å². The summed E-state index contributed by atoms with van der Waals surface area (Å²) in [5, 5.41) is 10.3. The van der Waals surface area contributed by atoms with E-state index in [2.05, 4.69) is 30.9 Å². The number of anilines is 4. The smallest absolute Gasteiger partial charge is 0.161 e. The van der Waals surface area contributed by atoms with Crippen LogP contribution in [0.4, 0.5) is 23.1 Å². The molecular weight excluding hydrogens is 406 g/mol. The van der Waals surface area contributed by atoms with Gasteiger partial charge in [0.1, 0.15) is 30.7 Å². The van der Waals surface area contributed by atoms with Crippen molar-refractivity contribution in [3.05, 3.63) is 42.9 Å². The first-order chi connectivity index (χ1) is 15.7. The maximum absolute atomic E-state index is 5.78. The molecule has 0 bridgehead atoms. The summed E-state index contributed by atoms with van der Waals surface area (Å²) in [6.45, 7) is 4.18. The molecule has 5 N–H and O–H groups in total. The van der Waals surface area contributed by atoms with Crippen LogP contribution in [0.1, 0.15) is 12.8 Å². The highest BCUT2D eigenvalue weighted by molar-refractivity contribution is 5.81. The lowest BCUT2D eigenvalue weighted by Crippen LogP contribution is -2.31. The van der Waals surface area contributed by atoms with E-state index < -0.39 is 0 Å². The van der Waals surface area contributed by atoms with E-state index in [1.165, 1.54) is 19.0 Å². The van der Waals surface area contributed by atoms with Gasteiger partial charge in [0.2, 0.25) is 0 Å². The molecule has 32 heavy (non-hydrogen) atoms. The molecule has 2 aliphatic rings. The SMILES string of the molecule is Nc1cnc(Nc2cc(NCC3CCNCC3)c(-c3ccc4c(c3)OCCO4)cn2)cn1. The van der Waals surface area contributed by atoms with Crippen LogP contribution in [0, 0.1) is 5.92 Å². The summed E-state index contributed by atoms with van der Waals surface area (Å²) in [7, 11) is 0. The fourth-order valence-corrected chi connectivity index (χ4v) is 3.98. The zero-order chi connectivity index (χ0) is 21.8. The maximum Gasteiger partial charge on any atom is 0.161 e. The Bertz CT molecular complexity index is 1070. The second-order valence-corrected chi connectivity index (χ2v) is 8.00. The van der Waals surface area contributed by atoms with E-state index in [1.807, 2.05) is 30.5 Å². The maximum atomic E-state index is 5.78. The molecule has 0 aliphatic carbocycles. The molecule has 1 fully saturated rings. The summed E-state index contributed by atoms with van der Waals surface area (Å²) in [5.41, 5.74) is 8.66. The van der Waals surface area contributed by atoms with Gasteiger partial charge in [0.15, 0.2) is 11.5 Å². The first kappa shape index (κ1) is 20.3. The highest BCUT2D eigenvalue weighted by Gasteiger charge is 2.17. The first-order valence-electron chi connectivity index (χ1n) is 10.9. The number of pyridine rings is 1. The minimum atomic E-state index is 0.377. The molecule has 1 saturated heterocycles. The third kappa shape index (κ3) is 4.67. The van der Waals surface area contributed by atoms with Gasteiger partial charge < -0.3 is 31.2 Å². The number of nitrogens with two attached hydrogens (primary N) is 1. The van der Waals surface area contributed by atoms with Gasteiger partial charge in [-0.1, -0.05) is 6.07 Å². The molecule has 1 aromatic carbocycles. The van der Waals surface area contributed by atoms with E-state index in [0.717, 1.165) is 47.9 Å². The van der Waals surface area contributed by atoms with Crippen LogP contribution in [0.25, 0.3) is 11.1 Å². The van der Waals surface area contributed by atoms with Crippen molar-refractivity contribution < 1.29 is 9.47 Å². The van der Waals surface area contributed by atoms with Gasteiger partial charge in [0.05, 0.1) is 12.4 Å². The van der Waals surface area contributed by atoms with Crippen molar-refractivity contribution in [1.29, 1.82) is 0 Å². The monoisotopic (exact) mass is 433 g/mol. The van der Waals surface area contributed by atoms with Gasteiger partial charge in [0.25, 0.3) is 0 Å². The molecule has 5 rings (SSSR count). The fourth-order valence-electron chi connectivity index (χ4n) is 3.98. The molecule has 0 saturated carbocycles. The number of aromatic nitrogens is 3. The largest absolute Gasteiger partial charge is 0.486 e. The number of hydrogen-bond donors (Lipinski definition) is 4. The molecule has 9 heteroatoms. The molecule has 9 nitrogen and oxygen atoms in total. The number of benzene rings is 1. The predicted molar refractivity (Wildman–Crippen MR) is 124 cm³/mol. The lowest BCUT2D eigenvalue weighted by molar-refractivity contribution is 0.171. The standard InChI is InChI=1S/C23H27N7O2/c24-21-13-29-23(14-27-21)30-22-10-18(26-11-15-3-5-25-6-4-15)17(12-28-22)16-1-2-19-20(9-16)32-8-7-31-19/h1-2,9-10,12-15,25H,3-8,11H2,(H2,24,27)(H2,26,28,29,30). The first-order valence-corrected chi connectivity index (χ1v) is 10.9. The lowest BCUT2D eigenvalue weighted by Gasteiger charge is -2.24. The topological polar surface area (TPSA) is 119 Å². The summed E-state index contributed by atoms with van der Waals surface area (Å²) in [5.74, 6) is 3.81. The van der Waals surface area contributed by atoms with E-state index >= 15 is 0 Å². The Hall–Kier alpha value is -3.59. The number of fused-ring (bicyclic) bond motifs is 1. The second-order valence-electron chi connectivity index (χ2n) is 8.00. The quantitative estimate of drug-likeness (QED) is 0.465. The number of hydrogen-bond acceptors (Lipinski definition) is 9. The fraction of sp³-hybridized carbons (Fsp3) is 0.348. The number of ether oxygens (including phenoxy) is 2. The second kappa shape index (κ2) is 9.27. The molecule has 0 amide bonds. The van der Waals surface area contributed by atoms with Crippen molar-refractivity contribution >= 4 is 23.1 Å². The van der Waals surface area contributed by atoms with E-state index in [-0.39, 0.29) is 0 Å². The average Bonchev–Trinajstić information content (AvgIpc) is 2.85. The molecule has 0 atom stereocenters. The van der Waals surface area contributed by atoms with E-state index in [0.29, 0.717) is 36.6 Å². The highest BCUT2D eigenvalue weighted by Crippen LogP contribution is 2.37. The van der Waals surface area contributed by atoms with Crippen LogP contribution in [0.3, 0.4) is 0 Å². The van der Waals surface area contributed by atoms with Gasteiger partial charge >= 0.3 is 0 Å². The van der Waals surface area contributed by atoms with Gasteiger partial charge in [-0.25, -0.2) is 15.0 Å². The zero-order valence-corrected chi connectivity index (χ0v) is 17.8. The molecule has 2 aliphatic heterocycles. The number of nitrogens with zero attached hydrogens (tertiary/aromatic N) is 3. The molecule has 0 radical (unpaired) electrons. The van der Waals surface area contributed by atoms with Gasteiger partial charge in [-0.05, 0) is 49.5 Å². The molecule has 0 unspecified atom stereocenters. The Morgan fingerprint density at radius 2 is 1.75 bits per heavy atom. The van der Waals surface area contributed by atoms with Crippen LogP contribution in [0.15, 0.2) is 42.9 Å². The Morgan fingerprint density at radius 1 is 0.938 bits per heavy atom. The van der Waals surface area contributed by atoms with Crippen molar-refractivity contribution in [2.75, 3.05) is 49.2 Å². The van der Waals surface area contributed by atoms with Crippen LogP contribution in [0.2, 0.25) is 0 Å². The number of rotatable bonds is 6. The summed E-state index contributed by atoms with van der Waals surface area (Å²) in [6.07, 6.45) is 7.31. The lowest BCUT2D eigenvalue weighted by atomic mass is 9.97. The normalized spacial score (nSPS) is 15.9. The molecule has 2 aromatic heterocycles. The Kier molecular flexibility index (Phi) is 5.89. The van der Waals surface area contributed by atoms with Crippen molar-refractivity contribution in [1.82, 2.24) is 20.3 Å². The van der Waals surface area contributed by atoms with Gasteiger partial charge in [0, 0.05) is 30.1 Å². The zero-order valence-electron chi connectivity index (χ0n) is 17.8. The van der Waals surface area contributed by atoms with Crippen molar-refractivity contribution in [2.24, 2.45) is 5.92 Å². The molecule has 4 heterocycles. The summed E-state index contributed by atoms with van der Waals surface area (Å²) in [4.78, 5) is 12.9. The van der Waals surface area contributed by atoms with Crippen LogP contribution in [-0.4, -0.2) is 47.8 Å². The molecule has 3 aromatic rings. The van der Waals surface area contributed by atoms with Crippen LogP contribution in [0.5, 0.6) is 11.5 Å². The third-order valence-corrected chi connectivity index (χ3v) is 5.73. The van der Waals surface area contributed by atoms with Gasteiger partial charge in [-0.15, -0.1) is 0 Å². The third-order valence-electron chi connectivity index (χ3n) is 5.73. The molecular formula is C23H27N7O2. The van der Waals surface area contributed by atoms with Gasteiger partial charge in [-0.3, -0.25) is 0 Å². The van der Waals surface area contributed by atoms with E-state index in [9.17, 15) is 0 Å². The van der Waals surface area contributed by atoms with Crippen LogP contribution >= 0.6 is 0 Å². The van der Waals surface area contributed by atoms with Crippen molar-refractivity contribution in [3.63, 3.8) is 0 Å². The van der Waals surface area contributed by atoms with E-state index in [1.54, 1.807) is 6.20 Å². The minimum absolute atomic E-state index is 0.377. The summed E-state index contributed by atoms with van der Waals surface area (Å²) < 4.78 is 11.5. The molecule has 0 spiro atoms. The average molecular weight is 434 g/mol. The summed E-state index contributed by atoms with van der Waals surface area (Å²) >= 11 is 0. The number of nitrogens with one attached hydrogen (secondary N) is 3. The summed E-state index contributed by atoms with van der Waals surface area (Å²) in [6, 6.07) is 8.01. The van der Waals surface area contributed by atoms with Crippen LogP contribution < -0.4 is 31.2 Å². The Morgan fingerprint density at radius 3 is 2.56 bits per heavy atom. The Balaban J connectivity index is 1.43. The number of nitrogen functional groups attached to an aromatic ring is 1. The van der Waals surface area contributed by atoms with Crippen molar-refractivity contribution in [2.45, 2.75) is 12.8 Å². The van der Waals surface area contributed by atoms with Gasteiger partial charge in [-0.2, -0.15) is 0 Å². The number of piperidine rings is 1. The molecule has 166 valence electrons. The predicted octanol–water partition coefficient (Wildman–Crippen LogP) is 3.05. The highest BCUT2D eigenvalue weighted by atomic mass is 16.6. The Labute approximate surface area is 186 Å². The van der Waals surface area contributed by atoms with Crippen molar-refractivity contribution in [3.8, 4) is 22.6 Å². The minimum Gasteiger partial charge on any atom is -0.486 e. The van der Waals surface area contributed by atoms with Crippen LogP contribution in [-0.2, 0) is 0 Å².